The fraction of sp³-hybridized carbons (Fsp3) is 0.833. The minimum Gasteiger partial charge on any atom is -0.466 e. The van der Waals surface area contributed by atoms with Crippen molar-refractivity contribution in [1.82, 2.24) is 0 Å². The van der Waals surface area contributed by atoms with Crippen LogP contribution in [0.25, 0.3) is 0 Å². The SMILES string of the molecule is CCOC(=O)CC(=O)CC1CCCCC1. The lowest BCUT2D eigenvalue weighted by molar-refractivity contribution is -0.145. The van der Waals surface area contributed by atoms with Gasteiger partial charge in [0, 0.05) is 6.42 Å². The minimum absolute atomic E-state index is 0.0374. The molecule has 0 radical (unpaired) electrons. The maximum atomic E-state index is 11.5. The molecular formula is C12H20O3. The average molecular weight is 212 g/mol. The van der Waals surface area contributed by atoms with E-state index in [0.717, 1.165) is 12.8 Å². The smallest absolute Gasteiger partial charge is 0.313 e. The highest BCUT2D eigenvalue weighted by Crippen LogP contribution is 2.26. The van der Waals surface area contributed by atoms with E-state index in [1.807, 2.05) is 0 Å². The van der Waals surface area contributed by atoms with Gasteiger partial charge in [-0.25, -0.2) is 0 Å². The van der Waals surface area contributed by atoms with Gasteiger partial charge in [-0.05, 0) is 12.8 Å². The normalized spacial score (nSPS) is 17.4. The number of hydrogen-bond acceptors (Lipinski definition) is 3. The standard InChI is InChI=1S/C12H20O3/c1-2-15-12(14)9-11(13)8-10-6-4-3-5-7-10/h10H,2-9H2,1H3. The van der Waals surface area contributed by atoms with Crippen LogP contribution in [0.3, 0.4) is 0 Å². The molecule has 0 saturated heterocycles. The second-order valence-electron chi connectivity index (χ2n) is 4.23. The minimum atomic E-state index is -0.377. The molecule has 3 heteroatoms. The van der Waals surface area contributed by atoms with Crippen LogP contribution in [0.5, 0.6) is 0 Å². The Balaban J connectivity index is 2.19. The van der Waals surface area contributed by atoms with Crippen LogP contribution in [0.1, 0.15) is 51.9 Å². The zero-order valence-electron chi connectivity index (χ0n) is 9.46. The van der Waals surface area contributed by atoms with E-state index in [4.69, 9.17) is 4.74 Å². The zero-order chi connectivity index (χ0) is 11.1. The first-order valence-electron chi connectivity index (χ1n) is 5.89. The van der Waals surface area contributed by atoms with E-state index in [0.29, 0.717) is 18.9 Å². The molecule has 0 atom stereocenters. The molecule has 0 amide bonds. The third-order valence-electron chi connectivity index (χ3n) is 2.89. The predicted octanol–water partition coefficient (Wildman–Crippen LogP) is 2.48. The first-order chi connectivity index (χ1) is 7.22. The molecule has 0 heterocycles. The molecule has 0 N–H and O–H groups in total. The Morgan fingerprint density at radius 3 is 2.47 bits per heavy atom. The fourth-order valence-corrected chi connectivity index (χ4v) is 2.16. The third-order valence-corrected chi connectivity index (χ3v) is 2.89. The summed E-state index contributed by atoms with van der Waals surface area (Å²) in [7, 11) is 0. The van der Waals surface area contributed by atoms with Crippen molar-refractivity contribution in [2.75, 3.05) is 6.61 Å². The maximum Gasteiger partial charge on any atom is 0.313 e. The number of carbonyl (C=O) groups excluding carboxylic acids is 2. The molecule has 0 spiro atoms. The summed E-state index contributed by atoms with van der Waals surface area (Å²) in [6.45, 7) is 2.11. The fourth-order valence-electron chi connectivity index (χ4n) is 2.16. The molecule has 1 aliphatic carbocycles. The van der Waals surface area contributed by atoms with Crippen LogP contribution in [0.15, 0.2) is 0 Å². The van der Waals surface area contributed by atoms with Gasteiger partial charge in [0.1, 0.15) is 12.2 Å². The van der Waals surface area contributed by atoms with Gasteiger partial charge in [-0.3, -0.25) is 9.59 Å². The van der Waals surface area contributed by atoms with Crippen LogP contribution in [0.4, 0.5) is 0 Å². The molecule has 1 rings (SSSR count). The highest BCUT2D eigenvalue weighted by atomic mass is 16.5. The van der Waals surface area contributed by atoms with Crippen molar-refractivity contribution in [2.45, 2.75) is 51.9 Å². The third kappa shape index (κ3) is 4.96. The second-order valence-corrected chi connectivity index (χ2v) is 4.23. The van der Waals surface area contributed by atoms with E-state index in [-0.39, 0.29) is 18.2 Å². The van der Waals surface area contributed by atoms with E-state index >= 15 is 0 Å². The van der Waals surface area contributed by atoms with E-state index in [9.17, 15) is 9.59 Å². The molecule has 1 fully saturated rings. The first kappa shape index (κ1) is 12.2. The van der Waals surface area contributed by atoms with Gasteiger partial charge in [-0.1, -0.05) is 32.1 Å². The van der Waals surface area contributed by atoms with Crippen LogP contribution in [-0.4, -0.2) is 18.4 Å². The van der Waals surface area contributed by atoms with Gasteiger partial charge < -0.3 is 4.74 Å². The number of esters is 1. The molecule has 1 aliphatic rings. The molecule has 0 unspecified atom stereocenters. The number of carbonyl (C=O) groups is 2. The molecule has 3 nitrogen and oxygen atoms in total. The number of Topliss-reactive ketones (excluding diaryl/α,β-unsaturated/α-hetero) is 1. The van der Waals surface area contributed by atoms with Gasteiger partial charge in [0.05, 0.1) is 6.61 Å². The number of rotatable bonds is 5. The van der Waals surface area contributed by atoms with Crippen LogP contribution in [-0.2, 0) is 14.3 Å². The Bertz CT molecular complexity index is 217. The van der Waals surface area contributed by atoms with Crippen molar-refractivity contribution < 1.29 is 14.3 Å². The van der Waals surface area contributed by atoms with Gasteiger partial charge in [0.2, 0.25) is 0 Å². The summed E-state index contributed by atoms with van der Waals surface area (Å²) in [6, 6.07) is 0. The van der Waals surface area contributed by atoms with Gasteiger partial charge in [-0.2, -0.15) is 0 Å². The van der Waals surface area contributed by atoms with Crippen molar-refractivity contribution in [3.8, 4) is 0 Å². The summed E-state index contributed by atoms with van der Waals surface area (Å²) in [5, 5.41) is 0. The maximum absolute atomic E-state index is 11.5. The van der Waals surface area contributed by atoms with E-state index in [1.54, 1.807) is 6.92 Å². The van der Waals surface area contributed by atoms with Gasteiger partial charge >= 0.3 is 5.97 Å². The van der Waals surface area contributed by atoms with E-state index in [1.165, 1.54) is 19.3 Å². The lowest BCUT2D eigenvalue weighted by atomic mass is 9.85. The molecule has 1 saturated carbocycles. The van der Waals surface area contributed by atoms with E-state index < -0.39 is 0 Å². The monoisotopic (exact) mass is 212 g/mol. The quantitative estimate of drug-likeness (QED) is 0.519. The molecule has 15 heavy (non-hydrogen) atoms. The number of hydrogen-bond donors (Lipinski definition) is 0. The van der Waals surface area contributed by atoms with Crippen molar-refractivity contribution in [3.05, 3.63) is 0 Å². The number of ketones is 1. The summed E-state index contributed by atoms with van der Waals surface area (Å²) in [5.41, 5.74) is 0. The summed E-state index contributed by atoms with van der Waals surface area (Å²) in [6.07, 6.45) is 6.59. The molecule has 0 bridgehead atoms. The highest BCUT2D eigenvalue weighted by molar-refractivity contribution is 5.95. The van der Waals surface area contributed by atoms with Crippen LogP contribution < -0.4 is 0 Å². The van der Waals surface area contributed by atoms with Gasteiger partial charge in [0.25, 0.3) is 0 Å². The predicted molar refractivity (Wildman–Crippen MR) is 57.4 cm³/mol. The molecular weight excluding hydrogens is 192 g/mol. The average Bonchev–Trinajstić information content (AvgIpc) is 2.19. The van der Waals surface area contributed by atoms with Crippen LogP contribution >= 0.6 is 0 Å². The summed E-state index contributed by atoms with van der Waals surface area (Å²) < 4.78 is 4.74. The number of ether oxygens (including phenoxy) is 1. The molecule has 0 aliphatic heterocycles. The van der Waals surface area contributed by atoms with Crippen molar-refractivity contribution in [3.63, 3.8) is 0 Å². The lowest BCUT2D eigenvalue weighted by Gasteiger charge is -2.20. The topological polar surface area (TPSA) is 43.4 Å². The largest absolute Gasteiger partial charge is 0.466 e. The summed E-state index contributed by atoms with van der Waals surface area (Å²) in [4.78, 5) is 22.5. The van der Waals surface area contributed by atoms with Crippen LogP contribution in [0, 0.1) is 5.92 Å². The Morgan fingerprint density at radius 2 is 1.87 bits per heavy atom. The molecule has 0 aromatic rings. The van der Waals surface area contributed by atoms with Crippen molar-refractivity contribution >= 4 is 11.8 Å². The molecule has 0 aromatic heterocycles. The summed E-state index contributed by atoms with van der Waals surface area (Å²) >= 11 is 0. The summed E-state index contributed by atoms with van der Waals surface area (Å²) in [5.74, 6) is 0.180. The Labute approximate surface area is 91.2 Å². The first-order valence-corrected chi connectivity index (χ1v) is 5.89. The Kier molecular flexibility index (Phi) is 5.37. The van der Waals surface area contributed by atoms with Gasteiger partial charge in [0.15, 0.2) is 0 Å². The zero-order valence-corrected chi connectivity index (χ0v) is 9.46. The van der Waals surface area contributed by atoms with Crippen LogP contribution in [0.2, 0.25) is 0 Å². The Morgan fingerprint density at radius 1 is 1.20 bits per heavy atom. The second kappa shape index (κ2) is 6.59. The van der Waals surface area contributed by atoms with Crippen molar-refractivity contribution in [2.24, 2.45) is 5.92 Å². The highest BCUT2D eigenvalue weighted by Gasteiger charge is 2.18. The van der Waals surface area contributed by atoms with E-state index in [2.05, 4.69) is 0 Å². The van der Waals surface area contributed by atoms with Gasteiger partial charge in [-0.15, -0.1) is 0 Å². The van der Waals surface area contributed by atoms with Crippen molar-refractivity contribution in [1.29, 1.82) is 0 Å². The lowest BCUT2D eigenvalue weighted by Crippen LogP contribution is -2.16. The Hall–Kier alpha value is -0.860. The molecule has 86 valence electrons. The molecule has 0 aromatic carbocycles.